The van der Waals surface area contributed by atoms with Crippen LogP contribution < -0.4 is 0 Å². The minimum Gasteiger partial charge on any atom is -0.278 e. The molecule has 1 unspecified atom stereocenters. The monoisotopic (exact) mass is 200 g/mol. The van der Waals surface area contributed by atoms with Crippen LogP contribution in [0.15, 0.2) is 5.10 Å². The summed E-state index contributed by atoms with van der Waals surface area (Å²) in [6.07, 6.45) is 0.674. The Bertz CT molecular complexity index is 259. The summed E-state index contributed by atoms with van der Waals surface area (Å²) >= 11 is 0. The van der Waals surface area contributed by atoms with E-state index in [1.54, 1.807) is 11.9 Å². The summed E-state index contributed by atoms with van der Waals surface area (Å²) in [6, 6.07) is 0. The van der Waals surface area contributed by atoms with Crippen molar-refractivity contribution in [2.45, 2.75) is 27.1 Å². The molecule has 0 N–H and O–H groups in total. The van der Waals surface area contributed by atoms with Crippen LogP contribution in [0.5, 0.6) is 0 Å². The topological polar surface area (TPSA) is 62.0 Å². The first-order valence-corrected chi connectivity index (χ1v) is 4.47. The molecule has 0 aliphatic carbocycles. The predicted octanol–water partition coefficient (Wildman–Crippen LogP) is 0.784. The first kappa shape index (κ1) is 10.7. The average molecular weight is 200 g/mol. The molecule has 1 atom stereocenters. The Balaban J connectivity index is 2.70. The molecule has 0 aromatic heterocycles. The van der Waals surface area contributed by atoms with E-state index < -0.39 is 6.29 Å². The predicted molar refractivity (Wildman–Crippen MR) is 53.2 cm³/mol. The summed E-state index contributed by atoms with van der Waals surface area (Å²) in [6.45, 7) is 6.73. The highest BCUT2D eigenvalue weighted by Crippen LogP contribution is 2.19. The van der Waals surface area contributed by atoms with Crippen LogP contribution >= 0.6 is 0 Å². The fraction of sp³-hybridized carbons (Fsp3) is 0.875. The summed E-state index contributed by atoms with van der Waals surface area (Å²) in [4.78, 5) is 12.1. The lowest BCUT2D eigenvalue weighted by atomic mass is 9.96. The molecule has 0 fully saturated rings. The second-order valence-electron chi connectivity index (χ2n) is 4.67. The quantitative estimate of drug-likeness (QED) is 0.488. The maximum atomic E-state index is 10.8. The van der Waals surface area contributed by atoms with E-state index in [0.717, 1.165) is 0 Å². The molecule has 0 spiro atoms. The van der Waals surface area contributed by atoms with Crippen LogP contribution in [0.2, 0.25) is 0 Å². The van der Waals surface area contributed by atoms with Crippen LogP contribution in [-0.2, 0) is 0 Å². The standard InChI is InChI=1S/C8H16N4O2/c1-8(2,3)5-11-6-9-10(4)7(11)12(13)14/h6-7H,5H2,1-4H3. The van der Waals surface area contributed by atoms with E-state index in [0.29, 0.717) is 6.54 Å². The minimum absolute atomic E-state index is 0.0193. The van der Waals surface area contributed by atoms with E-state index in [9.17, 15) is 10.1 Å². The zero-order chi connectivity index (χ0) is 10.9. The number of hydrazone groups is 1. The van der Waals surface area contributed by atoms with Gasteiger partial charge in [0.25, 0.3) is 0 Å². The molecular formula is C8H16N4O2. The maximum Gasteiger partial charge on any atom is 0.383 e. The SMILES string of the molecule is CN1N=CN(CC(C)(C)C)C1[N+](=O)[O-]. The van der Waals surface area contributed by atoms with Gasteiger partial charge in [0.2, 0.25) is 0 Å². The van der Waals surface area contributed by atoms with Gasteiger partial charge in [-0.05, 0) is 5.41 Å². The van der Waals surface area contributed by atoms with Crippen molar-refractivity contribution in [3.8, 4) is 0 Å². The number of rotatable bonds is 2. The molecule has 1 heterocycles. The first-order chi connectivity index (χ1) is 6.31. The lowest BCUT2D eigenvalue weighted by Crippen LogP contribution is -2.46. The zero-order valence-corrected chi connectivity index (χ0v) is 8.97. The molecule has 0 aromatic rings. The third-order valence-corrected chi connectivity index (χ3v) is 1.86. The molecule has 1 aliphatic rings. The summed E-state index contributed by atoms with van der Waals surface area (Å²) in [5.41, 5.74) is 0.0193. The molecule has 0 bridgehead atoms. The molecule has 1 rings (SSSR count). The van der Waals surface area contributed by atoms with Gasteiger partial charge in [0.1, 0.15) is 6.34 Å². The van der Waals surface area contributed by atoms with E-state index in [4.69, 9.17) is 0 Å². The van der Waals surface area contributed by atoms with Crippen LogP contribution in [0.4, 0.5) is 0 Å². The van der Waals surface area contributed by atoms with E-state index >= 15 is 0 Å². The van der Waals surface area contributed by atoms with Gasteiger partial charge in [0, 0.05) is 13.6 Å². The fourth-order valence-electron chi connectivity index (χ4n) is 1.41. The molecule has 14 heavy (non-hydrogen) atoms. The normalized spacial score (nSPS) is 21.9. The lowest BCUT2D eigenvalue weighted by molar-refractivity contribution is -0.569. The van der Waals surface area contributed by atoms with Gasteiger partial charge in [-0.3, -0.25) is 15.0 Å². The molecule has 0 amide bonds. The van der Waals surface area contributed by atoms with Crippen molar-refractivity contribution < 1.29 is 4.92 Å². The average Bonchev–Trinajstić information content (AvgIpc) is 2.27. The zero-order valence-electron chi connectivity index (χ0n) is 8.97. The molecule has 1 aliphatic heterocycles. The van der Waals surface area contributed by atoms with Gasteiger partial charge in [-0.15, -0.1) is 0 Å². The van der Waals surface area contributed by atoms with Crippen molar-refractivity contribution in [2.75, 3.05) is 13.6 Å². The van der Waals surface area contributed by atoms with Gasteiger partial charge in [-0.2, -0.15) is 5.10 Å². The third kappa shape index (κ3) is 2.34. The summed E-state index contributed by atoms with van der Waals surface area (Å²) in [7, 11) is 1.60. The molecule has 6 nitrogen and oxygen atoms in total. The lowest BCUT2D eigenvalue weighted by Gasteiger charge is -2.27. The minimum atomic E-state index is -0.853. The van der Waals surface area contributed by atoms with Crippen molar-refractivity contribution >= 4 is 6.34 Å². The Morgan fingerprint density at radius 3 is 2.57 bits per heavy atom. The van der Waals surface area contributed by atoms with Gasteiger partial charge >= 0.3 is 6.29 Å². The van der Waals surface area contributed by atoms with Crippen molar-refractivity contribution in [1.29, 1.82) is 0 Å². The Hall–Kier alpha value is -1.33. The summed E-state index contributed by atoms with van der Waals surface area (Å²) < 4.78 is 0. The van der Waals surface area contributed by atoms with Gasteiger partial charge < -0.3 is 0 Å². The molecular weight excluding hydrogens is 184 g/mol. The molecule has 6 heteroatoms. The number of nitrogens with zero attached hydrogens (tertiary/aromatic N) is 4. The number of nitro groups is 1. The Kier molecular flexibility index (Phi) is 2.64. The molecule has 0 saturated heterocycles. The number of hydrogen-bond acceptors (Lipinski definition) is 5. The summed E-state index contributed by atoms with van der Waals surface area (Å²) in [5, 5.41) is 16.0. The Labute approximate surface area is 83.3 Å². The van der Waals surface area contributed by atoms with Crippen molar-refractivity contribution in [3.63, 3.8) is 0 Å². The second-order valence-corrected chi connectivity index (χ2v) is 4.67. The van der Waals surface area contributed by atoms with Crippen LogP contribution in [0.1, 0.15) is 20.8 Å². The van der Waals surface area contributed by atoms with Crippen molar-refractivity contribution in [1.82, 2.24) is 9.91 Å². The maximum absolute atomic E-state index is 10.8. The third-order valence-electron chi connectivity index (χ3n) is 1.86. The van der Waals surface area contributed by atoms with Crippen LogP contribution in [0, 0.1) is 15.5 Å². The first-order valence-electron chi connectivity index (χ1n) is 4.47. The Morgan fingerprint density at radius 1 is 1.57 bits per heavy atom. The number of hydrogen-bond donors (Lipinski definition) is 0. The van der Waals surface area contributed by atoms with Gasteiger partial charge in [0.15, 0.2) is 0 Å². The van der Waals surface area contributed by atoms with Crippen molar-refractivity contribution in [2.24, 2.45) is 10.5 Å². The van der Waals surface area contributed by atoms with Gasteiger partial charge in [0.05, 0.1) is 4.92 Å². The second kappa shape index (κ2) is 3.43. The van der Waals surface area contributed by atoms with E-state index in [1.807, 2.05) is 20.8 Å². The van der Waals surface area contributed by atoms with Gasteiger partial charge in [-0.25, -0.2) is 5.01 Å². The largest absolute Gasteiger partial charge is 0.383 e. The van der Waals surface area contributed by atoms with Crippen LogP contribution in [0.3, 0.4) is 0 Å². The van der Waals surface area contributed by atoms with Gasteiger partial charge in [-0.1, -0.05) is 20.8 Å². The molecule has 0 aromatic carbocycles. The Morgan fingerprint density at radius 2 is 2.14 bits per heavy atom. The van der Waals surface area contributed by atoms with Crippen molar-refractivity contribution in [3.05, 3.63) is 10.1 Å². The highest BCUT2D eigenvalue weighted by atomic mass is 16.6. The van der Waals surface area contributed by atoms with Crippen LogP contribution in [0.25, 0.3) is 0 Å². The van der Waals surface area contributed by atoms with E-state index in [2.05, 4.69) is 5.10 Å². The highest BCUT2D eigenvalue weighted by molar-refractivity contribution is 5.56. The van der Waals surface area contributed by atoms with Crippen LogP contribution in [-0.4, -0.2) is 41.1 Å². The summed E-state index contributed by atoms with van der Waals surface area (Å²) in [5.74, 6) is 0. The molecule has 0 radical (unpaired) electrons. The molecule has 0 saturated carbocycles. The highest BCUT2D eigenvalue weighted by Gasteiger charge is 2.37. The van der Waals surface area contributed by atoms with E-state index in [1.165, 1.54) is 11.3 Å². The fourth-order valence-corrected chi connectivity index (χ4v) is 1.41. The molecule has 80 valence electrons. The van der Waals surface area contributed by atoms with E-state index in [-0.39, 0.29) is 10.3 Å². The smallest absolute Gasteiger partial charge is 0.278 e.